The summed E-state index contributed by atoms with van der Waals surface area (Å²) >= 11 is 1.25. The highest BCUT2D eigenvalue weighted by atomic mass is 32.1. The van der Waals surface area contributed by atoms with Gasteiger partial charge in [0.05, 0.1) is 9.80 Å². The normalized spacial score (nSPS) is 14.7. The van der Waals surface area contributed by atoms with E-state index in [9.17, 15) is 14.9 Å². The Balaban J connectivity index is 2.39. The zero-order valence-corrected chi connectivity index (χ0v) is 12.2. The van der Waals surface area contributed by atoms with Crippen LogP contribution in [0.25, 0.3) is 0 Å². The number of anilines is 1. The van der Waals surface area contributed by atoms with Crippen LogP contribution in [0.2, 0.25) is 0 Å². The number of thiophene rings is 1. The molecule has 0 N–H and O–H groups in total. The van der Waals surface area contributed by atoms with Gasteiger partial charge in [0, 0.05) is 18.7 Å². The predicted octanol–water partition coefficient (Wildman–Crippen LogP) is 3.48. The van der Waals surface area contributed by atoms with Gasteiger partial charge in [0.15, 0.2) is 10.8 Å². The van der Waals surface area contributed by atoms with E-state index in [1.165, 1.54) is 24.3 Å². The minimum absolute atomic E-state index is 0.0720. The van der Waals surface area contributed by atoms with Crippen molar-refractivity contribution in [2.75, 3.05) is 11.4 Å². The summed E-state index contributed by atoms with van der Waals surface area (Å²) in [6, 6.07) is 1.82. The molecule has 5 nitrogen and oxygen atoms in total. The third-order valence-corrected chi connectivity index (χ3v) is 4.31. The Morgan fingerprint density at radius 2 is 2.21 bits per heavy atom. The Labute approximate surface area is 116 Å². The summed E-state index contributed by atoms with van der Waals surface area (Å²) in [7, 11) is 0. The molecule has 104 valence electrons. The average Bonchev–Trinajstić information content (AvgIpc) is 3.03. The summed E-state index contributed by atoms with van der Waals surface area (Å²) in [5.74, 6) is 0.322. The minimum atomic E-state index is -0.381. The number of Topliss-reactive ketones (excluding diaryl/α,β-unsaturated/α-hetero) is 1. The summed E-state index contributed by atoms with van der Waals surface area (Å²) in [6.45, 7) is 6.44. The highest BCUT2D eigenvalue weighted by Gasteiger charge is 2.35. The van der Waals surface area contributed by atoms with Gasteiger partial charge in [-0.2, -0.15) is 0 Å². The van der Waals surface area contributed by atoms with Gasteiger partial charge in [0.2, 0.25) is 0 Å². The Bertz CT molecular complexity index is 506. The molecule has 0 unspecified atom stereocenters. The molecule has 1 aliphatic rings. The third-order valence-electron chi connectivity index (χ3n) is 3.05. The second-order valence-corrected chi connectivity index (χ2v) is 6.42. The summed E-state index contributed by atoms with van der Waals surface area (Å²) in [5, 5.41) is 11.8. The van der Waals surface area contributed by atoms with E-state index in [0.29, 0.717) is 21.8 Å². The number of nitro groups is 1. The van der Waals surface area contributed by atoms with Crippen molar-refractivity contribution in [1.29, 1.82) is 0 Å². The van der Waals surface area contributed by atoms with Crippen molar-refractivity contribution in [3.63, 3.8) is 0 Å². The zero-order valence-electron chi connectivity index (χ0n) is 11.4. The molecule has 0 aliphatic heterocycles. The molecule has 1 aliphatic carbocycles. The molecule has 1 saturated carbocycles. The van der Waals surface area contributed by atoms with Gasteiger partial charge >= 0.3 is 5.69 Å². The van der Waals surface area contributed by atoms with Crippen LogP contribution in [-0.2, 0) is 0 Å². The van der Waals surface area contributed by atoms with E-state index in [4.69, 9.17) is 0 Å². The average molecular weight is 282 g/mol. The van der Waals surface area contributed by atoms with Crippen molar-refractivity contribution >= 4 is 27.8 Å². The Morgan fingerprint density at radius 3 is 2.63 bits per heavy atom. The van der Waals surface area contributed by atoms with E-state index in [1.807, 2.05) is 0 Å². The first-order valence-electron chi connectivity index (χ1n) is 6.46. The first-order valence-corrected chi connectivity index (χ1v) is 7.27. The molecule has 2 rings (SSSR count). The standard InChI is InChI=1S/C13H18N2O3S/c1-8(2)7-14(10-4-5-10)13-11(15(17)18)6-12(19-13)9(3)16/h6,8,10H,4-5,7H2,1-3H3. The molecular formula is C13H18N2O3S. The van der Waals surface area contributed by atoms with Crippen molar-refractivity contribution < 1.29 is 9.72 Å². The van der Waals surface area contributed by atoms with Gasteiger partial charge in [0.1, 0.15) is 0 Å². The van der Waals surface area contributed by atoms with Crippen LogP contribution in [-0.4, -0.2) is 23.3 Å². The van der Waals surface area contributed by atoms with E-state index >= 15 is 0 Å². The van der Waals surface area contributed by atoms with Crippen molar-refractivity contribution in [3.05, 3.63) is 21.1 Å². The monoisotopic (exact) mass is 282 g/mol. The van der Waals surface area contributed by atoms with E-state index in [-0.39, 0.29) is 16.4 Å². The van der Waals surface area contributed by atoms with Crippen LogP contribution in [0.3, 0.4) is 0 Å². The maximum Gasteiger partial charge on any atom is 0.304 e. The number of nitrogens with zero attached hydrogens (tertiary/aromatic N) is 2. The van der Waals surface area contributed by atoms with Crippen LogP contribution in [0.4, 0.5) is 10.7 Å². The number of hydrogen-bond donors (Lipinski definition) is 0. The van der Waals surface area contributed by atoms with Crippen molar-refractivity contribution in [2.45, 2.75) is 39.7 Å². The van der Waals surface area contributed by atoms with Crippen LogP contribution in [0, 0.1) is 16.0 Å². The fourth-order valence-electron chi connectivity index (χ4n) is 2.06. The molecule has 0 amide bonds. The van der Waals surface area contributed by atoms with Gasteiger partial charge in [-0.25, -0.2) is 0 Å². The lowest BCUT2D eigenvalue weighted by Gasteiger charge is -2.24. The molecule has 1 heterocycles. The summed E-state index contributed by atoms with van der Waals surface area (Å²) in [5.41, 5.74) is 0.0720. The number of ketones is 1. The largest absolute Gasteiger partial charge is 0.355 e. The van der Waals surface area contributed by atoms with Crippen LogP contribution >= 0.6 is 11.3 Å². The molecule has 0 spiro atoms. The van der Waals surface area contributed by atoms with Crippen LogP contribution < -0.4 is 4.90 Å². The molecule has 1 fully saturated rings. The Morgan fingerprint density at radius 1 is 1.58 bits per heavy atom. The maximum atomic E-state index is 11.4. The number of carbonyl (C=O) groups is 1. The topological polar surface area (TPSA) is 63.4 Å². The molecular weight excluding hydrogens is 264 g/mol. The summed E-state index contributed by atoms with van der Waals surface area (Å²) < 4.78 is 0. The highest BCUT2D eigenvalue weighted by Crippen LogP contribution is 2.43. The van der Waals surface area contributed by atoms with Gasteiger partial charge in [-0.3, -0.25) is 14.9 Å². The van der Waals surface area contributed by atoms with E-state index in [0.717, 1.165) is 19.4 Å². The number of carbonyl (C=O) groups excluding carboxylic acids is 1. The molecule has 0 radical (unpaired) electrons. The molecule has 0 bridgehead atoms. The SMILES string of the molecule is CC(=O)c1cc([N+](=O)[O-])c(N(CC(C)C)C2CC2)s1. The molecule has 1 aromatic heterocycles. The molecule has 1 aromatic rings. The number of rotatable bonds is 6. The van der Waals surface area contributed by atoms with Gasteiger partial charge in [-0.15, -0.1) is 11.3 Å². The molecule has 0 saturated heterocycles. The maximum absolute atomic E-state index is 11.4. The van der Waals surface area contributed by atoms with Crippen LogP contribution in [0.5, 0.6) is 0 Å². The highest BCUT2D eigenvalue weighted by molar-refractivity contribution is 7.18. The second-order valence-electron chi connectivity index (χ2n) is 5.39. The van der Waals surface area contributed by atoms with Gasteiger partial charge in [-0.05, 0) is 25.7 Å². The lowest BCUT2D eigenvalue weighted by Crippen LogP contribution is -2.29. The minimum Gasteiger partial charge on any atom is -0.355 e. The second kappa shape index (κ2) is 5.28. The molecule has 19 heavy (non-hydrogen) atoms. The Hall–Kier alpha value is -1.43. The van der Waals surface area contributed by atoms with E-state index in [2.05, 4.69) is 18.7 Å². The van der Waals surface area contributed by atoms with Gasteiger partial charge < -0.3 is 4.90 Å². The van der Waals surface area contributed by atoms with Crippen LogP contribution in [0.1, 0.15) is 43.3 Å². The first kappa shape index (κ1) is 14.0. The van der Waals surface area contributed by atoms with Crippen LogP contribution in [0.15, 0.2) is 6.07 Å². The third kappa shape index (κ3) is 3.12. The summed E-state index contributed by atoms with van der Waals surface area (Å²) in [6.07, 6.45) is 2.16. The molecule has 6 heteroatoms. The lowest BCUT2D eigenvalue weighted by atomic mass is 10.2. The number of hydrogen-bond acceptors (Lipinski definition) is 5. The van der Waals surface area contributed by atoms with E-state index < -0.39 is 0 Å². The van der Waals surface area contributed by atoms with Crippen molar-refractivity contribution in [1.82, 2.24) is 0 Å². The molecule has 0 aromatic carbocycles. The van der Waals surface area contributed by atoms with Crippen molar-refractivity contribution in [2.24, 2.45) is 5.92 Å². The Kier molecular flexibility index (Phi) is 3.89. The fraction of sp³-hybridized carbons (Fsp3) is 0.615. The predicted molar refractivity (Wildman–Crippen MR) is 76.2 cm³/mol. The van der Waals surface area contributed by atoms with Gasteiger partial charge in [0.25, 0.3) is 0 Å². The van der Waals surface area contributed by atoms with Crippen molar-refractivity contribution in [3.8, 4) is 0 Å². The fourth-order valence-corrected chi connectivity index (χ4v) is 3.16. The van der Waals surface area contributed by atoms with Gasteiger partial charge in [-0.1, -0.05) is 13.8 Å². The smallest absolute Gasteiger partial charge is 0.304 e. The van der Waals surface area contributed by atoms with E-state index in [1.54, 1.807) is 0 Å². The quantitative estimate of drug-likeness (QED) is 0.455. The first-order chi connectivity index (χ1) is 8.90. The zero-order chi connectivity index (χ0) is 14.2. The molecule has 0 atom stereocenters. The summed E-state index contributed by atoms with van der Waals surface area (Å²) in [4.78, 5) is 24.8. The lowest BCUT2D eigenvalue weighted by molar-refractivity contribution is -0.383.